The largest absolute Gasteiger partial charge is 0.434 e. The van der Waals surface area contributed by atoms with Crippen LogP contribution in [-0.4, -0.2) is 12.4 Å². The molecule has 0 aliphatic heterocycles. The highest BCUT2D eigenvalue weighted by Gasteiger charge is 2.16. The number of aryl methyl sites for hydroxylation is 1. The third-order valence-corrected chi connectivity index (χ3v) is 2.26. The average molecular weight is 214 g/mol. The molecular weight excluding hydrogens is 202 g/mol. The Morgan fingerprint density at radius 3 is 2.40 bits per heavy atom. The van der Waals surface area contributed by atoms with E-state index in [0.717, 1.165) is 5.56 Å². The summed E-state index contributed by atoms with van der Waals surface area (Å²) in [5.74, 6) is -0.300. The van der Waals surface area contributed by atoms with Crippen molar-refractivity contribution in [2.45, 2.75) is 27.4 Å². The number of halogens is 2. The van der Waals surface area contributed by atoms with E-state index in [-0.39, 0.29) is 17.1 Å². The van der Waals surface area contributed by atoms with Gasteiger partial charge in [0.25, 0.3) is 0 Å². The fourth-order valence-corrected chi connectivity index (χ4v) is 1.31. The summed E-state index contributed by atoms with van der Waals surface area (Å²) in [4.78, 5) is 11.2. The van der Waals surface area contributed by atoms with Gasteiger partial charge in [0.1, 0.15) is 5.75 Å². The van der Waals surface area contributed by atoms with Crippen LogP contribution in [0.4, 0.5) is 8.78 Å². The van der Waals surface area contributed by atoms with Crippen molar-refractivity contribution in [3.05, 3.63) is 28.8 Å². The van der Waals surface area contributed by atoms with E-state index in [1.807, 2.05) is 0 Å². The molecule has 0 saturated carbocycles. The van der Waals surface area contributed by atoms with Crippen LogP contribution >= 0.6 is 0 Å². The van der Waals surface area contributed by atoms with Crippen molar-refractivity contribution in [2.24, 2.45) is 0 Å². The highest BCUT2D eigenvalue weighted by Crippen LogP contribution is 2.28. The predicted octanol–water partition coefficient (Wildman–Crippen LogP) is 3.11. The molecule has 0 bridgehead atoms. The zero-order chi connectivity index (χ0) is 11.6. The van der Waals surface area contributed by atoms with Gasteiger partial charge < -0.3 is 4.74 Å². The van der Waals surface area contributed by atoms with E-state index in [9.17, 15) is 13.6 Å². The fourth-order valence-electron chi connectivity index (χ4n) is 1.31. The molecule has 0 N–H and O–H groups in total. The first kappa shape index (κ1) is 11.6. The number of Topliss-reactive ketones (excluding diaryl/α,β-unsaturated/α-hetero) is 1. The number of hydrogen-bond donors (Lipinski definition) is 0. The van der Waals surface area contributed by atoms with Crippen molar-refractivity contribution in [3.63, 3.8) is 0 Å². The molecule has 0 aromatic heterocycles. The Labute approximate surface area is 86.9 Å². The van der Waals surface area contributed by atoms with Gasteiger partial charge in [0.15, 0.2) is 5.78 Å². The minimum Gasteiger partial charge on any atom is -0.434 e. The second-order valence-corrected chi connectivity index (χ2v) is 3.32. The van der Waals surface area contributed by atoms with Crippen LogP contribution in [0, 0.1) is 13.8 Å². The minimum atomic E-state index is -2.91. The molecule has 0 amide bonds. The first-order valence-corrected chi connectivity index (χ1v) is 4.49. The summed E-state index contributed by atoms with van der Waals surface area (Å²) in [6.07, 6.45) is 0. The summed E-state index contributed by atoms with van der Waals surface area (Å²) in [5.41, 5.74) is 1.58. The lowest BCUT2D eigenvalue weighted by molar-refractivity contribution is -0.0506. The molecule has 0 spiro atoms. The molecule has 0 atom stereocenters. The zero-order valence-electron chi connectivity index (χ0n) is 8.80. The Morgan fingerprint density at radius 1 is 1.33 bits per heavy atom. The van der Waals surface area contributed by atoms with Crippen LogP contribution in [0.3, 0.4) is 0 Å². The van der Waals surface area contributed by atoms with Gasteiger partial charge in [-0.3, -0.25) is 4.79 Å². The Kier molecular flexibility index (Phi) is 3.39. The van der Waals surface area contributed by atoms with E-state index in [4.69, 9.17) is 0 Å². The molecule has 0 unspecified atom stereocenters. The smallest absolute Gasteiger partial charge is 0.387 e. The molecule has 1 rings (SSSR count). The number of benzene rings is 1. The number of carbonyl (C=O) groups is 1. The molecule has 0 aliphatic carbocycles. The lowest BCUT2D eigenvalue weighted by Crippen LogP contribution is -2.08. The SMILES string of the molecule is CC(=O)c1ccc(C)c(C)c1OC(F)F. The molecule has 4 heteroatoms. The molecule has 0 saturated heterocycles. The van der Waals surface area contributed by atoms with Crippen molar-refractivity contribution in [2.75, 3.05) is 0 Å². The van der Waals surface area contributed by atoms with Crippen LogP contribution in [-0.2, 0) is 0 Å². The highest BCUT2D eigenvalue weighted by atomic mass is 19.3. The second-order valence-electron chi connectivity index (χ2n) is 3.32. The van der Waals surface area contributed by atoms with Crippen LogP contribution < -0.4 is 4.74 Å². The van der Waals surface area contributed by atoms with Gasteiger partial charge in [0, 0.05) is 0 Å². The summed E-state index contributed by atoms with van der Waals surface area (Å²) in [6, 6.07) is 3.22. The molecule has 1 aromatic carbocycles. The maximum atomic E-state index is 12.1. The molecule has 15 heavy (non-hydrogen) atoms. The number of rotatable bonds is 3. The maximum absolute atomic E-state index is 12.1. The predicted molar refractivity (Wildman–Crippen MR) is 52.6 cm³/mol. The molecule has 0 radical (unpaired) electrons. The fraction of sp³-hybridized carbons (Fsp3) is 0.364. The Balaban J connectivity index is 3.28. The van der Waals surface area contributed by atoms with E-state index in [0.29, 0.717) is 5.56 Å². The number of alkyl halides is 2. The van der Waals surface area contributed by atoms with Crippen LogP contribution in [0.25, 0.3) is 0 Å². The van der Waals surface area contributed by atoms with Crippen LogP contribution in [0.5, 0.6) is 5.75 Å². The summed E-state index contributed by atoms with van der Waals surface area (Å²) in [7, 11) is 0. The molecule has 0 heterocycles. The standard InChI is InChI=1S/C11H12F2O2/c1-6-4-5-9(8(3)14)10(7(6)2)15-11(12)13/h4-5,11H,1-3H3. The summed E-state index contributed by atoms with van der Waals surface area (Å²) < 4.78 is 28.6. The van der Waals surface area contributed by atoms with E-state index >= 15 is 0 Å². The summed E-state index contributed by atoms with van der Waals surface area (Å²) in [5, 5.41) is 0. The first-order valence-electron chi connectivity index (χ1n) is 4.49. The first-order chi connectivity index (χ1) is 6.93. The monoisotopic (exact) mass is 214 g/mol. The van der Waals surface area contributed by atoms with Gasteiger partial charge in [0.2, 0.25) is 0 Å². The number of ketones is 1. The Morgan fingerprint density at radius 2 is 1.93 bits per heavy atom. The van der Waals surface area contributed by atoms with Gasteiger partial charge in [-0.2, -0.15) is 8.78 Å². The van der Waals surface area contributed by atoms with Crippen LogP contribution in [0.2, 0.25) is 0 Å². The molecular formula is C11H12F2O2. The van der Waals surface area contributed by atoms with E-state index in [2.05, 4.69) is 4.74 Å². The van der Waals surface area contributed by atoms with Crippen molar-refractivity contribution in [3.8, 4) is 5.75 Å². The summed E-state index contributed by atoms with van der Waals surface area (Å²) in [6.45, 7) is 1.84. The van der Waals surface area contributed by atoms with Gasteiger partial charge >= 0.3 is 6.61 Å². The van der Waals surface area contributed by atoms with Crippen molar-refractivity contribution >= 4 is 5.78 Å². The third kappa shape index (κ3) is 2.52. The van der Waals surface area contributed by atoms with Gasteiger partial charge in [-0.15, -0.1) is 0 Å². The number of hydrogen-bond acceptors (Lipinski definition) is 2. The normalized spacial score (nSPS) is 10.5. The van der Waals surface area contributed by atoms with Gasteiger partial charge in [-0.05, 0) is 38.0 Å². The quantitative estimate of drug-likeness (QED) is 0.722. The number of ether oxygens (including phenoxy) is 1. The lowest BCUT2D eigenvalue weighted by Gasteiger charge is -2.13. The van der Waals surface area contributed by atoms with Crippen LogP contribution in [0.15, 0.2) is 12.1 Å². The Bertz CT molecular complexity index is 386. The third-order valence-electron chi connectivity index (χ3n) is 2.26. The Hall–Kier alpha value is -1.45. The molecule has 2 nitrogen and oxygen atoms in total. The zero-order valence-corrected chi connectivity index (χ0v) is 8.80. The molecule has 82 valence electrons. The topological polar surface area (TPSA) is 26.3 Å². The van der Waals surface area contributed by atoms with E-state index in [1.54, 1.807) is 19.9 Å². The van der Waals surface area contributed by atoms with Crippen molar-refractivity contribution < 1.29 is 18.3 Å². The van der Waals surface area contributed by atoms with Gasteiger partial charge in [-0.1, -0.05) is 6.07 Å². The minimum absolute atomic E-state index is 0.0162. The van der Waals surface area contributed by atoms with E-state index in [1.165, 1.54) is 13.0 Å². The van der Waals surface area contributed by atoms with Crippen LogP contribution in [0.1, 0.15) is 28.4 Å². The average Bonchev–Trinajstić information content (AvgIpc) is 2.12. The molecule has 1 aromatic rings. The van der Waals surface area contributed by atoms with Gasteiger partial charge in [0.05, 0.1) is 5.56 Å². The summed E-state index contributed by atoms with van der Waals surface area (Å²) >= 11 is 0. The van der Waals surface area contributed by atoms with Crippen molar-refractivity contribution in [1.29, 1.82) is 0 Å². The van der Waals surface area contributed by atoms with E-state index < -0.39 is 6.61 Å². The highest BCUT2D eigenvalue weighted by molar-refractivity contribution is 5.97. The second kappa shape index (κ2) is 4.38. The number of carbonyl (C=O) groups excluding carboxylic acids is 1. The molecule has 0 aliphatic rings. The molecule has 0 fully saturated rings. The van der Waals surface area contributed by atoms with Gasteiger partial charge in [-0.25, -0.2) is 0 Å². The lowest BCUT2D eigenvalue weighted by atomic mass is 10.0. The maximum Gasteiger partial charge on any atom is 0.387 e. The van der Waals surface area contributed by atoms with Crippen molar-refractivity contribution in [1.82, 2.24) is 0 Å².